The van der Waals surface area contributed by atoms with E-state index < -0.39 is 0 Å². The fourth-order valence-corrected chi connectivity index (χ4v) is 3.55. The van der Waals surface area contributed by atoms with Gasteiger partial charge in [-0.15, -0.1) is 0 Å². The van der Waals surface area contributed by atoms with E-state index in [0.717, 1.165) is 23.8 Å². The third-order valence-electron chi connectivity index (χ3n) is 4.86. The zero-order valence-corrected chi connectivity index (χ0v) is 15.6. The molecule has 0 saturated heterocycles. The smallest absolute Gasteiger partial charge is 0.257 e. The molecule has 1 atom stereocenters. The van der Waals surface area contributed by atoms with Crippen molar-refractivity contribution in [1.29, 1.82) is 0 Å². The highest BCUT2D eigenvalue weighted by Crippen LogP contribution is 2.22. The molecular weight excluding hydrogens is 342 g/mol. The van der Waals surface area contributed by atoms with Crippen LogP contribution in [0, 0.1) is 19.8 Å². The number of rotatable bonds is 4. The van der Waals surface area contributed by atoms with Gasteiger partial charge in [-0.2, -0.15) is 5.10 Å². The number of nitrogens with one attached hydrogen (secondary N) is 1. The lowest BCUT2D eigenvalue weighted by atomic mass is 10.1. The predicted octanol–water partition coefficient (Wildman–Crippen LogP) is 2.87. The number of anilines is 1. The van der Waals surface area contributed by atoms with Gasteiger partial charge in [0.2, 0.25) is 0 Å². The SMILES string of the molecule is Cc1cc(C(=O)N2Cc3ccnn3C[C@H](CNc3ccccn3)C2)c(C)o1. The molecule has 1 aliphatic heterocycles. The first-order valence-electron chi connectivity index (χ1n) is 9.12. The van der Waals surface area contributed by atoms with Crippen LogP contribution in [0.3, 0.4) is 0 Å². The topological polar surface area (TPSA) is 76.2 Å². The van der Waals surface area contributed by atoms with Crippen LogP contribution in [0.1, 0.15) is 27.6 Å². The molecule has 1 amide bonds. The largest absolute Gasteiger partial charge is 0.466 e. The third-order valence-corrected chi connectivity index (χ3v) is 4.86. The van der Waals surface area contributed by atoms with Gasteiger partial charge in [-0.1, -0.05) is 6.07 Å². The van der Waals surface area contributed by atoms with Crippen molar-refractivity contribution in [2.75, 3.05) is 18.4 Å². The maximum atomic E-state index is 13.1. The van der Waals surface area contributed by atoms with Crippen LogP contribution in [0.2, 0.25) is 0 Å². The molecule has 7 nitrogen and oxygen atoms in total. The highest BCUT2D eigenvalue weighted by Gasteiger charge is 2.28. The zero-order valence-electron chi connectivity index (χ0n) is 15.6. The lowest BCUT2D eigenvalue weighted by molar-refractivity contribution is 0.0722. The molecule has 0 aliphatic carbocycles. The minimum atomic E-state index is 0.00170. The number of aromatic nitrogens is 3. The zero-order chi connectivity index (χ0) is 18.8. The van der Waals surface area contributed by atoms with E-state index in [2.05, 4.69) is 15.4 Å². The van der Waals surface area contributed by atoms with E-state index in [9.17, 15) is 4.79 Å². The Morgan fingerprint density at radius 2 is 2.15 bits per heavy atom. The quantitative estimate of drug-likeness (QED) is 0.769. The summed E-state index contributed by atoms with van der Waals surface area (Å²) in [5, 5.41) is 7.80. The van der Waals surface area contributed by atoms with Crippen molar-refractivity contribution in [3.8, 4) is 0 Å². The van der Waals surface area contributed by atoms with Crippen LogP contribution in [0.25, 0.3) is 0 Å². The highest BCUT2D eigenvalue weighted by atomic mass is 16.3. The van der Waals surface area contributed by atoms with Crippen molar-refractivity contribution in [2.24, 2.45) is 5.92 Å². The van der Waals surface area contributed by atoms with E-state index in [1.807, 2.05) is 53.8 Å². The van der Waals surface area contributed by atoms with Gasteiger partial charge in [0, 0.05) is 37.9 Å². The summed E-state index contributed by atoms with van der Waals surface area (Å²) in [6.07, 6.45) is 3.56. The van der Waals surface area contributed by atoms with E-state index in [1.165, 1.54) is 0 Å². The van der Waals surface area contributed by atoms with E-state index in [1.54, 1.807) is 12.4 Å². The Hall–Kier alpha value is -3.09. The Morgan fingerprint density at radius 3 is 2.89 bits per heavy atom. The average molecular weight is 365 g/mol. The number of pyridine rings is 1. The summed E-state index contributed by atoms with van der Waals surface area (Å²) in [7, 11) is 0. The molecule has 0 bridgehead atoms. The molecule has 0 spiro atoms. The molecule has 27 heavy (non-hydrogen) atoms. The van der Waals surface area contributed by atoms with E-state index in [-0.39, 0.29) is 11.8 Å². The van der Waals surface area contributed by atoms with Crippen molar-refractivity contribution >= 4 is 11.7 Å². The molecule has 1 aliphatic rings. The third kappa shape index (κ3) is 3.72. The minimum absolute atomic E-state index is 0.00170. The van der Waals surface area contributed by atoms with Crippen LogP contribution in [-0.2, 0) is 13.1 Å². The standard InChI is InChI=1S/C20H23N5O2/c1-14-9-18(15(2)27-14)20(26)24-11-16(10-22-19-5-3-4-7-21-19)12-25-17(13-24)6-8-23-25/h3-9,16H,10-13H2,1-2H3,(H,21,22)/t16-/m1/s1. The number of furan rings is 1. The molecule has 3 aromatic heterocycles. The maximum Gasteiger partial charge on any atom is 0.257 e. The number of hydrogen-bond donors (Lipinski definition) is 1. The van der Waals surface area contributed by atoms with Gasteiger partial charge in [0.05, 0.1) is 17.8 Å². The molecule has 1 N–H and O–H groups in total. The first-order valence-corrected chi connectivity index (χ1v) is 9.12. The second kappa shape index (κ2) is 7.26. The molecule has 7 heteroatoms. The first-order chi connectivity index (χ1) is 13.1. The van der Waals surface area contributed by atoms with Gasteiger partial charge in [-0.25, -0.2) is 4.98 Å². The summed E-state index contributed by atoms with van der Waals surface area (Å²) < 4.78 is 7.55. The van der Waals surface area contributed by atoms with E-state index in [4.69, 9.17) is 4.42 Å². The molecular formula is C20H23N5O2. The van der Waals surface area contributed by atoms with Gasteiger partial charge in [0.25, 0.3) is 5.91 Å². The number of carbonyl (C=O) groups excluding carboxylic acids is 1. The minimum Gasteiger partial charge on any atom is -0.466 e. The van der Waals surface area contributed by atoms with E-state index >= 15 is 0 Å². The van der Waals surface area contributed by atoms with Crippen LogP contribution < -0.4 is 5.32 Å². The molecule has 0 radical (unpaired) electrons. The number of aryl methyl sites for hydroxylation is 2. The van der Waals surface area contributed by atoms with Gasteiger partial charge in [-0.3, -0.25) is 9.48 Å². The van der Waals surface area contributed by atoms with Crippen molar-refractivity contribution in [1.82, 2.24) is 19.7 Å². The van der Waals surface area contributed by atoms with Gasteiger partial charge in [-0.05, 0) is 38.1 Å². The fraction of sp³-hybridized carbons (Fsp3) is 0.350. The van der Waals surface area contributed by atoms with Crippen molar-refractivity contribution in [3.63, 3.8) is 0 Å². The Labute approximate surface area is 158 Å². The number of carbonyl (C=O) groups is 1. The molecule has 0 unspecified atom stereocenters. The summed E-state index contributed by atoms with van der Waals surface area (Å²) in [6, 6.07) is 9.58. The van der Waals surface area contributed by atoms with Crippen molar-refractivity contribution < 1.29 is 9.21 Å². The molecule has 4 heterocycles. The predicted molar refractivity (Wildman–Crippen MR) is 101 cm³/mol. The first kappa shape index (κ1) is 17.3. The van der Waals surface area contributed by atoms with Crippen molar-refractivity contribution in [3.05, 3.63) is 65.5 Å². The molecule has 0 fully saturated rings. The molecule has 0 aromatic carbocycles. The van der Waals surface area contributed by atoms with Crippen LogP contribution in [0.15, 0.2) is 47.1 Å². The maximum absolute atomic E-state index is 13.1. The van der Waals surface area contributed by atoms with E-state index in [0.29, 0.717) is 31.0 Å². The number of amides is 1. The lowest BCUT2D eigenvalue weighted by Crippen LogP contribution is -2.36. The van der Waals surface area contributed by atoms with Gasteiger partial charge in [0.15, 0.2) is 0 Å². The van der Waals surface area contributed by atoms with Gasteiger partial charge >= 0.3 is 0 Å². The van der Waals surface area contributed by atoms with Crippen molar-refractivity contribution in [2.45, 2.75) is 26.9 Å². The molecule has 3 aromatic rings. The summed E-state index contributed by atoms with van der Waals surface area (Å²) in [5.74, 6) is 2.47. The van der Waals surface area contributed by atoms with Crippen LogP contribution in [0.4, 0.5) is 5.82 Å². The molecule has 140 valence electrons. The summed E-state index contributed by atoms with van der Waals surface area (Å²) in [5.41, 5.74) is 1.68. The Kier molecular flexibility index (Phi) is 4.66. The normalized spacial score (nSPS) is 16.7. The average Bonchev–Trinajstić information content (AvgIpc) is 3.19. The number of fused-ring (bicyclic) bond motifs is 1. The fourth-order valence-electron chi connectivity index (χ4n) is 3.55. The molecule has 0 saturated carbocycles. The number of hydrogen-bond acceptors (Lipinski definition) is 5. The Morgan fingerprint density at radius 1 is 1.26 bits per heavy atom. The van der Waals surface area contributed by atoms with Gasteiger partial charge in [0.1, 0.15) is 17.3 Å². The summed E-state index contributed by atoms with van der Waals surface area (Å²) in [6.45, 7) is 6.36. The Balaban J connectivity index is 1.54. The second-order valence-corrected chi connectivity index (χ2v) is 6.98. The van der Waals surface area contributed by atoms with Crippen LogP contribution >= 0.6 is 0 Å². The number of nitrogens with zero attached hydrogens (tertiary/aromatic N) is 4. The summed E-state index contributed by atoms with van der Waals surface area (Å²) >= 11 is 0. The summed E-state index contributed by atoms with van der Waals surface area (Å²) in [4.78, 5) is 19.3. The second-order valence-electron chi connectivity index (χ2n) is 6.98. The van der Waals surface area contributed by atoms with Crippen LogP contribution in [-0.4, -0.2) is 38.7 Å². The monoisotopic (exact) mass is 365 g/mol. The Bertz CT molecular complexity index is 931. The van der Waals surface area contributed by atoms with Crippen LogP contribution in [0.5, 0.6) is 0 Å². The lowest BCUT2D eigenvalue weighted by Gasteiger charge is -2.24. The van der Waals surface area contributed by atoms with Gasteiger partial charge < -0.3 is 14.6 Å². The highest BCUT2D eigenvalue weighted by molar-refractivity contribution is 5.95. The molecule has 4 rings (SSSR count).